The minimum absolute atomic E-state index is 0.199. The van der Waals surface area contributed by atoms with E-state index in [9.17, 15) is 8.78 Å². The Hall–Kier alpha value is -1.90. The number of benzene rings is 2. The fourth-order valence-corrected chi connectivity index (χ4v) is 5.44. The maximum absolute atomic E-state index is 12.3. The molecule has 0 saturated heterocycles. The Bertz CT molecular complexity index is 753. The molecule has 1 nitrogen and oxygen atoms in total. The molecule has 2 fully saturated rings. The molecule has 4 rings (SSSR count). The fraction of sp³-hybridized carbons (Fsp3) is 0.520. The molecule has 2 aromatic rings. The van der Waals surface area contributed by atoms with Gasteiger partial charge in [0, 0.05) is 0 Å². The molecule has 0 aromatic heterocycles. The third-order valence-corrected chi connectivity index (χ3v) is 7.09. The summed E-state index contributed by atoms with van der Waals surface area (Å²) in [5.74, 6) is 3.74. The molecule has 1 unspecified atom stereocenters. The maximum atomic E-state index is 12.3. The normalized spacial score (nSPS) is 27.4. The third-order valence-electron chi connectivity index (χ3n) is 7.09. The van der Waals surface area contributed by atoms with Crippen LogP contribution in [0.1, 0.15) is 63.4 Å². The molecule has 0 spiro atoms. The van der Waals surface area contributed by atoms with Crippen LogP contribution in [-0.4, -0.2) is 6.61 Å². The molecule has 0 radical (unpaired) electrons. The summed E-state index contributed by atoms with van der Waals surface area (Å²) in [7, 11) is 0. The minimum atomic E-state index is -2.78. The highest BCUT2D eigenvalue weighted by atomic mass is 19.3. The van der Waals surface area contributed by atoms with E-state index >= 15 is 0 Å². The van der Waals surface area contributed by atoms with Gasteiger partial charge in [-0.05, 0) is 84.6 Å². The predicted octanol–water partition coefficient (Wildman–Crippen LogP) is 7.67. The molecule has 2 saturated carbocycles. The molecule has 4 atom stereocenters. The Balaban J connectivity index is 1.40. The van der Waals surface area contributed by atoms with E-state index in [0.717, 1.165) is 28.9 Å². The average Bonchev–Trinajstić information content (AvgIpc) is 2.73. The van der Waals surface area contributed by atoms with Crippen LogP contribution in [-0.2, 0) is 0 Å². The van der Waals surface area contributed by atoms with E-state index in [4.69, 9.17) is 0 Å². The van der Waals surface area contributed by atoms with Crippen molar-refractivity contribution >= 4 is 0 Å². The zero-order valence-corrected chi connectivity index (χ0v) is 16.6. The first kappa shape index (κ1) is 19.4. The van der Waals surface area contributed by atoms with Crippen molar-refractivity contribution < 1.29 is 13.5 Å². The predicted molar refractivity (Wildman–Crippen MR) is 110 cm³/mol. The highest BCUT2D eigenvalue weighted by Crippen LogP contribution is 2.48. The lowest BCUT2D eigenvalue weighted by Crippen LogP contribution is -2.30. The van der Waals surface area contributed by atoms with Gasteiger partial charge in [0.15, 0.2) is 0 Å². The van der Waals surface area contributed by atoms with E-state index in [-0.39, 0.29) is 5.75 Å². The maximum Gasteiger partial charge on any atom is 0.387 e. The first-order chi connectivity index (χ1) is 13.6. The number of rotatable bonds is 5. The van der Waals surface area contributed by atoms with Crippen molar-refractivity contribution in [2.75, 3.05) is 0 Å². The second-order valence-corrected chi connectivity index (χ2v) is 8.64. The fourth-order valence-electron chi connectivity index (χ4n) is 5.44. The molecule has 3 heteroatoms. The summed E-state index contributed by atoms with van der Waals surface area (Å²) in [6, 6.07) is 15.7. The number of alkyl halides is 2. The van der Waals surface area contributed by atoms with Crippen LogP contribution in [0.2, 0.25) is 0 Å². The van der Waals surface area contributed by atoms with Crippen molar-refractivity contribution in [2.45, 2.75) is 64.4 Å². The molecule has 2 aromatic carbocycles. The van der Waals surface area contributed by atoms with Crippen LogP contribution in [0.25, 0.3) is 11.1 Å². The van der Waals surface area contributed by atoms with Gasteiger partial charge in [0.1, 0.15) is 5.75 Å². The van der Waals surface area contributed by atoms with E-state index in [2.05, 4.69) is 35.9 Å². The van der Waals surface area contributed by atoms with Crippen LogP contribution < -0.4 is 4.74 Å². The van der Waals surface area contributed by atoms with E-state index in [1.54, 1.807) is 12.1 Å². The second kappa shape index (κ2) is 8.63. The molecule has 0 amide bonds. The minimum Gasteiger partial charge on any atom is -0.435 e. The lowest BCUT2D eigenvalue weighted by molar-refractivity contribution is -0.0498. The van der Waals surface area contributed by atoms with Crippen LogP contribution >= 0.6 is 0 Å². The van der Waals surface area contributed by atoms with Gasteiger partial charge in [0.2, 0.25) is 0 Å². The molecule has 2 aliphatic carbocycles. The number of ether oxygens (including phenoxy) is 1. The summed E-state index contributed by atoms with van der Waals surface area (Å²) >= 11 is 0. The Morgan fingerprint density at radius 2 is 1.43 bits per heavy atom. The van der Waals surface area contributed by atoms with Gasteiger partial charge >= 0.3 is 6.61 Å². The van der Waals surface area contributed by atoms with Crippen molar-refractivity contribution in [1.29, 1.82) is 0 Å². The van der Waals surface area contributed by atoms with E-state index in [1.165, 1.54) is 50.5 Å². The summed E-state index contributed by atoms with van der Waals surface area (Å²) < 4.78 is 29.0. The molecular weight excluding hydrogens is 354 g/mol. The highest BCUT2D eigenvalue weighted by molar-refractivity contribution is 5.64. The molecule has 0 bridgehead atoms. The Morgan fingerprint density at radius 3 is 2.07 bits per heavy atom. The van der Waals surface area contributed by atoms with Crippen molar-refractivity contribution in [3.63, 3.8) is 0 Å². The lowest BCUT2D eigenvalue weighted by atomic mass is 9.63. The largest absolute Gasteiger partial charge is 0.435 e. The van der Waals surface area contributed by atoms with Gasteiger partial charge in [-0.2, -0.15) is 8.78 Å². The number of hydrogen-bond acceptors (Lipinski definition) is 1. The Labute approximate surface area is 167 Å². The van der Waals surface area contributed by atoms with Crippen molar-refractivity contribution in [1.82, 2.24) is 0 Å². The highest BCUT2D eigenvalue weighted by Gasteiger charge is 2.35. The Morgan fingerprint density at radius 1 is 0.821 bits per heavy atom. The van der Waals surface area contributed by atoms with Crippen molar-refractivity contribution in [3.8, 4) is 16.9 Å². The van der Waals surface area contributed by atoms with Gasteiger partial charge in [0.05, 0.1) is 0 Å². The summed E-state index contributed by atoms with van der Waals surface area (Å²) in [6.07, 6.45) is 9.71. The third kappa shape index (κ3) is 4.39. The topological polar surface area (TPSA) is 9.23 Å². The van der Waals surface area contributed by atoms with Gasteiger partial charge in [0.25, 0.3) is 0 Å². The zero-order chi connectivity index (χ0) is 19.5. The second-order valence-electron chi connectivity index (χ2n) is 8.64. The molecule has 0 heterocycles. The first-order valence-corrected chi connectivity index (χ1v) is 10.8. The smallest absolute Gasteiger partial charge is 0.387 e. The lowest BCUT2D eigenvalue weighted by Gasteiger charge is -2.42. The summed E-state index contributed by atoms with van der Waals surface area (Å²) in [5.41, 5.74) is 3.59. The standard InChI is InChI=1S/C25H30F2O/c1-2-17-3-4-23-16-22(10-9-21(23)15-17)20-7-5-18(6-8-20)19-11-13-24(14-12-19)28-25(26)27/h5-8,11-14,17,21-23,25H,2-4,9-10,15-16H2,1H3/t17?,21-,22-,23-/m1/s1. The van der Waals surface area contributed by atoms with E-state index in [0.29, 0.717) is 5.92 Å². The number of fused-ring (bicyclic) bond motifs is 1. The molecule has 2 aliphatic rings. The zero-order valence-electron chi connectivity index (χ0n) is 16.6. The monoisotopic (exact) mass is 384 g/mol. The van der Waals surface area contributed by atoms with Gasteiger partial charge in [-0.3, -0.25) is 0 Å². The quantitative estimate of drug-likeness (QED) is 0.514. The molecule has 28 heavy (non-hydrogen) atoms. The molecule has 0 N–H and O–H groups in total. The van der Waals surface area contributed by atoms with Gasteiger partial charge in [-0.15, -0.1) is 0 Å². The summed E-state index contributed by atoms with van der Waals surface area (Å²) in [5, 5.41) is 0. The molecule has 0 aliphatic heterocycles. The van der Waals surface area contributed by atoms with Crippen LogP contribution in [0.15, 0.2) is 48.5 Å². The number of halogens is 2. The van der Waals surface area contributed by atoms with Crippen molar-refractivity contribution in [2.24, 2.45) is 17.8 Å². The van der Waals surface area contributed by atoms with Crippen molar-refractivity contribution in [3.05, 3.63) is 54.1 Å². The summed E-state index contributed by atoms with van der Waals surface area (Å²) in [4.78, 5) is 0. The van der Waals surface area contributed by atoms with Crippen LogP contribution in [0.3, 0.4) is 0 Å². The average molecular weight is 385 g/mol. The SMILES string of the molecule is CCC1CC[C@@H]2C[C@H](c3ccc(-c4ccc(OC(F)F)cc4)cc3)CC[C@@H]2C1. The molecular formula is C25H30F2O. The van der Waals surface area contributed by atoms with Crippen LogP contribution in [0.5, 0.6) is 5.75 Å². The van der Waals surface area contributed by atoms with Crippen LogP contribution in [0, 0.1) is 17.8 Å². The molecule has 150 valence electrons. The van der Waals surface area contributed by atoms with E-state index < -0.39 is 6.61 Å². The van der Waals surface area contributed by atoms with Gasteiger partial charge in [-0.25, -0.2) is 0 Å². The van der Waals surface area contributed by atoms with E-state index in [1.807, 2.05) is 12.1 Å². The van der Waals surface area contributed by atoms with Gasteiger partial charge < -0.3 is 4.74 Å². The number of hydrogen-bond donors (Lipinski definition) is 0. The van der Waals surface area contributed by atoms with Gasteiger partial charge in [-0.1, -0.05) is 56.2 Å². The first-order valence-electron chi connectivity index (χ1n) is 10.8. The van der Waals surface area contributed by atoms with Crippen LogP contribution in [0.4, 0.5) is 8.78 Å². The summed E-state index contributed by atoms with van der Waals surface area (Å²) in [6.45, 7) is -0.436. The Kier molecular flexibility index (Phi) is 5.99.